The fourth-order valence-electron chi connectivity index (χ4n) is 2.78. The molecule has 0 atom stereocenters. The minimum Gasteiger partial charge on any atom is -0.493 e. The number of carbonyl (C=O) groups excluding carboxylic acids is 1. The Labute approximate surface area is 159 Å². The average molecular weight is 387 g/mol. The maximum absolute atomic E-state index is 12.1. The molecule has 0 bridgehead atoms. The van der Waals surface area contributed by atoms with E-state index in [1.807, 2.05) is 6.07 Å². The standard InChI is InChI=1S/C18H21N5O5/c1-23-16-15(17(25)22-18(23)26)20-13(21-16)6-7-14(24)19-9-10-4-5-11(27-2)12(8-10)28-3/h4-5,8H,6-7,9H2,1-3H3,(H,19,24)(H,20,21)(H,22,25,26). The van der Waals surface area contributed by atoms with E-state index in [9.17, 15) is 14.4 Å². The van der Waals surface area contributed by atoms with E-state index >= 15 is 0 Å². The highest BCUT2D eigenvalue weighted by Crippen LogP contribution is 2.27. The zero-order chi connectivity index (χ0) is 20.3. The van der Waals surface area contributed by atoms with Crippen molar-refractivity contribution in [2.24, 2.45) is 7.05 Å². The van der Waals surface area contributed by atoms with E-state index in [2.05, 4.69) is 20.3 Å². The van der Waals surface area contributed by atoms with Crippen molar-refractivity contribution in [1.82, 2.24) is 24.8 Å². The summed E-state index contributed by atoms with van der Waals surface area (Å²) in [4.78, 5) is 44.9. The Kier molecular flexibility index (Phi) is 5.48. The summed E-state index contributed by atoms with van der Waals surface area (Å²) in [5, 5.41) is 2.82. The number of ether oxygens (including phenoxy) is 2. The lowest BCUT2D eigenvalue weighted by Crippen LogP contribution is -2.28. The molecule has 10 heteroatoms. The van der Waals surface area contributed by atoms with Crippen molar-refractivity contribution in [3.8, 4) is 11.5 Å². The summed E-state index contributed by atoms with van der Waals surface area (Å²) in [7, 11) is 4.62. The zero-order valence-corrected chi connectivity index (χ0v) is 15.8. The maximum Gasteiger partial charge on any atom is 0.329 e. The number of nitrogens with one attached hydrogen (secondary N) is 3. The molecule has 3 rings (SSSR count). The molecule has 0 aliphatic carbocycles. The minimum absolute atomic E-state index is 0.168. The second-order valence-corrected chi connectivity index (χ2v) is 6.17. The number of benzene rings is 1. The minimum atomic E-state index is -0.539. The summed E-state index contributed by atoms with van der Waals surface area (Å²) in [6.07, 6.45) is 0.485. The number of methoxy groups -OCH3 is 2. The maximum atomic E-state index is 12.1. The van der Waals surface area contributed by atoms with Gasteiger partial charge in [-0.15, -0.1) is 0 Å². The van der Waals surface area contributed by atoms with Gasteiger partial charge in [0.2, 0.25) is 5.91 Å². The third-order valence-corrected chi connectivity index (χ3v) is 4.33. The fraction of sp³-hybridized carbons (Fsp3) is 0.333. The van der Waals surface area contributed by atoms with Gasteiger partial charge in [-0.1, -0.05) is 6.07 Å². The summed E-state index contributed by atoms with van der Waals surface area (Å²) in [6, 6.07) is 5.41. The molecule has 2 aromatic heterocycles. The molecule has 10 nitrogen and oxygen atoms in total. The van der Waals surface area contributed by atoms with Crippen LogP contribution in [0.25, 0.3) is 11.2 Å². The Morgan fingerprint density at radius 1 is 1.18 bits per heavy atom. The molecule has 0 radical (unpaired) electrons. The van der Waals surface area contributed by atoms with E-state index in [1.54, 1.807) is 26.4 Å². The largest absolute Gasteiger partial charge is 0.493 e. The number of hydrogen-bond acceptors (Lipinski definition) is 6. The van der Waals surface area contributed by atoms with Crippen LogP contribution in [0.4, 0.5) is 0 Å². The van der Waals surface area contributed by atoms with Gasteiger partial charge in [-0.3, -0.25) is 19.1 Å². The number of hydrogen-bond donors (Lipinski definition) is 3. The number of aromatic amines is 2. The third kappa shape index (κ3) is 3.90. The first-order valence-electron chi connectivity index (χ1n) is 8.58. The van der Waals surface area contributed by atoms with Gasteiger partial charge in [0, 0.05) is 26.4 Å². The second kappa shape index (κ2) is 7.99. The number of aryl methyl sites for hydroxylation is 2. The van der Waals surface area contributed by atoms with Crippen LogP contribution in [-0.4, -0.2) is 39.6 Å². The lowest BCUT2D eigenvalue weighted by molar-refractivity contribution is -0.121. The van der Waals surface area contributed by atoms with Crippen molar-refractivity contribution in [3.63, 3.8) is 0 Å². The van der Waals surface area contributed by atoms with Gasteiger partial charge in [0.05, 0.1) is 14.2 Å². The molecule has 1 amide bonds. The highest BCUT2D eigenvalue weighted by molar-refractivity contribution is 5.76. The van der Waals surface area contributed by atoms with Crippen LogP contribution in [0, 0.1) is 0 Å². The number of fused-ring (bicyclic) bond motifs is 1. The van der Waals surface area contributed by atoms with Crippen LogP contribution >= 0.6 is 0 Å². The number of H-pyrrole nitrogens is 2. The van der Waals surface area contributed by atoms with Gasteiger partial charge in [-0.2, -0.15) is 0 Å². The molecular weight excluding hydrogens is 366 g/mol. The molecule has 3 aromatic rings. The molecule has 0 aliphatic rings. The molecule has 3 N–H and O–H groups in total. The fourth-order valence-corrected chi connectivity index (χ4v) is 2.78. The Bertz CT molecular complexity index is 1130. The lowest BCUT2D eigenvalue weighted by atomic mass is 10.2. The number of nitrogens with zero attached hydrogens (tertiary/aromatic N) is 2. The summed E-state index contributed by atoms with van der Waals surface area (Å²) in [5.41, 5.74) is 0.270. The molecule has 1 aromatic carbocycles. The Hall–Kier alpha value is -3.56. The van der Waals surface area contributed by atoms with Gasteiger partial charge >= 0.3 is 5.69 Å². The molecule has 148 valence electrons. The highest BCUT2D eigenvalue weighted by Gasteiger charge is 2.12. The first-order chi connectivity index (χ1) is 13.4. The highest BCUT2D eigenvalue weighted by atomic mass is 16.5. The molecule has 0 unspecified atom stereocenters. The summed E-state index contributed by atoms with van der Waals surface area (Å²) < 4.78 is 11.7. The predicted octanol–water partition coefficient (Wildman–Crippen LogP) is 0.216. The molecule has 0 spiro atoms. The number of aromatic nitrogens is 4. The predicted molar refractivity (Wildman–Crippen MR) is 102 cm³/mol. The number of imidazole rings is 1. The van der Waals surface area contributed by atoms with Crippen LogP contribution < -0.4 is 26.0 Å². The molecule has 28 heavy (non-hydrogen) atoms. The Morgan fingerprint density at radius 3 is 2.64 bits per heavy atom. The van der Waals surface area contributed by atoms with Crippen molar-refractivity contribution >= 4 is 17.1 Å². The van der Waals surface area contributed by atoms with Crippen LogP contribution in [0.1, 0.15) is 17.8 Å². The van der Waals surface area contributed by atoms with E-state index in [4.69, 9.17) is 9.47 Å². The molecule has 0 saturated heterocycles. The van der Waals surface area contributed by atoms with Crippen LogP contribution in [0.15, 0.2) is 27.8 Å². The summed E-state index contributed by atoms with van der Waals surface area (Å²) in [5.74, 6) is 1.50. The van der Waals surface area contributed by atoms with E-state index in [-0.39, 0.29) is 23.5 Å². The second-order valence-electron chi connectivity index (χ2n) is 6.17. The van der Waals surface area contributed by atoms with Gasteiger partial charge in [0.15, 0.2) is 17.1 Å². The normalized spacial score (nSPS) is 10.8. The Morgan fingerprint density at radius 2 is 1.93 bits per heavy atom. The number of amides is 1. The average Bonchev–Trinajstić information content (AvgIpc) is 3.14. The van der Waals surface area contributed by atoms with Crippen molar-refractivity contribution < 1.29 is 14.3 Å². The van der Waals surface area contributed by atoms with Crippen LogP contribution in [0.3, 0.4) is 0 Å². The van der Waals surface area contributed by atoms with E-state index in [0.29, 0.717) is 30.3 Å². The third-order valence-electron chi connectivity index (χ3n) is 4.33. The van der Waals surface area contributed by atoms with Gasteiger partial charge in [0.25, 0.3) is 5.56 Å². The van der Waals surface area contributed by atoms with Crippen molar-refractivity contribution in [1.29, 1.82) is 0 Å². The van der Waals surface area contributed by atoms with Crippen LogP contribution in [-0.2, 0) is 24.8 Å². The summed E-state index contributed by atoms with van der Waals surface area (Å²) >= 11 is 0. The topological polar surface area (TPSA) is 131 Å². The SMILES string of the molecule is COc1ccc(CNC(=O)CCc2nc3c([nH]2)c(=O)[nH]c(=O)n3C)cc1OC. The molecular formula is C18H21N5O5. The zero-order valence-electron chi connectivity index (χ0n) is 15.8. The molecule has 0 fully saturated rings. The quantitative estimate of drug-likeness (QED) is 0.531. The van der Waals surface area contributed by atoms with Crippen molar-refractivity contribution in [2.75, 3.05) is 14.2 Å². The van der Waals surface area contributed by atoms with Gasteiger partial charge in [-0.05, 0) is 17.7 Å². The molecule has 2 heterocycles. The van der Waals surface area contributed by atoms with Crippen molar-refractivity contribution in [3.05, 3.63) is 50.4 Å². The number of rotatable bonds is 7. The monoisotopic (exact) mass is 387 g/mol. The smallest absolute Gasteiger partial charge is 0.329 e. The van der Waals surface area contributed by atoms with E-state index < -0.39 is 11.2 Å². The number of carbonyl (C=O) groups is 1. The van der Waals surface area contributed by atoms with Gasteiger partial charge in [-0.25, -0.2) is 9.78 Å². The van der Waals surface area contributed by atoms with Crippen LogP contribution in [0.2, 0.25) is 0 Å². The summed E-state index contributed by atoms with van der Waals surface area (Å²) in [6.45, 7) is 0.341. The van der Waals surface area contributed by atoms with Gasteiger partial charge in [0.1, 0.15) is 11.3 Å². The van der Waals surface area contributed by atoms with Crippen molar-refractivity contribution in [2.45, 2.75) is 19.4 Å². The lowest BCUT2D eigenvalue weighted by Gasteiger charge is -2.10. The van der Waals surface area contributed by atoms with Gasteiger partial charge < -0.3 is 19.8 Å². The molecule has 0 aliphatic heterocycles. The Balaban J connectivity index is 1.61. The first-order valence-corrected chi connectivity index (χ1v) is 8.58. The molecule has 0 saturated carbocycles. The first kappa shape index (κ1) is 19.2. The van der Waals surface area contributed by atoms with E-state index in [0.717, 1.165) is 5.56 Å². The van der Waals surface area contributed by atoms with E-state index in [1.165, 1.54) is 11.6 Å². The van der Waals surface area contributed by atoms with Crippen LogP contribution in [0.5, 0.6) is 11.5 Å².